The molecule has 0 aliphatic heterocycles. The Hall–Kier alpha value is -0.440. The fraction of sp³-hybridized carbons (Fsp3) is 0.857. The minimum Gasteiger partial charge on any atom is -0.322 e. The Bertz CT molecular complexity index is 123. The summed E-state index contributed by atoms with van der Waals surface area (Å²) in [5.74, 6) is -0.770. The maximum Gasteiger partial charge on any atom is 0.183 e. The van der Waals surface area contributed by atoms with Crippen LogP contribution >= 0.6 is 0 Å². The van der Waals surface area contributed by atoms with E-state index in [1.54, 1.807) is 13.8 Å². The number of rotatable bonds is 3. The van der Waals surface area contributed by atoms with Gasteiger partial charge in [-0.05, 0) is 12.8 Å². The van der Waals surface area contributed by atoms with E-state index >= 15 is 0 Å². The van der Waals surface area contributed by atoms with Crippen LogP contribution in [0.2, 0.25) is 0 Å². The van der Waals surface area contributed by atoms with Gasteiger partial charge in [-0.3, -0.25) is 4.79 Å². The highest BCUT2D eigenvalue weighted by Gasteiger charge is 2.23. The Morgan fingerprint density at radius 1 is 1.40 bits per heavy atom. The van der Waals surface area contributed by atoms with Gasteiger partial charge in [0, 0.05) is 0 Å². The van der Waals surface area contributed by atoms with Crippen molar-refractivity contribution < 1.29 is 9.18 Å². The summed E-state index contributed by atoms with van der Waals surface area (Å²) in [6.45, 7) is 4.81. The maximum atomic E-state index is 12.7. The molecule has 3 heteroatoms. The van der Waals surface area contributed by atoms with Crippen LogP contribution in [0, 0.1) is 5.92 Å². The topological polar surface area (TPSA) is 43.1 Å². The molecule has 0 bridgehead atoms. The first-order valence-electron chi connectivity index (χ1n) is 3.40. The van der Waals surface area contributed by atoms with Gasteiger partial charge >= 0.3 is 0 Å². The van der Waals surface area contributed by atoms with Crippen LogP contribution in [0.3, 0.4) is 0 Å². The zero-order chi connectivity index (χ0) is 8.31. The van der Waals surface area contributed by atoms with E-state index in [0.717, 1.165) is 0 Å². The third-order valence-electron chi connectivity index (χ3n) is 1.31. The molecule has 2 nitrogen and oxygen atoms in total. The summed E-state index contributed by atoms with van der Waals surface area (Å²) >= 11 is 0. The van der Waals surface area contributed by atoms with Crippen molar-refractivity contribution in [1.82, 2.24) is 0 Å². The van der Waals surface area contributed by atoms with Crippen molar-refractivity contribution in [2.24, 2.45) is 11.7 Å². The molecule has 0 saturated carbocycles. The van der Waals surface area contributed by atoms with Crippen molar-refractivity contribution >= 4 is 5.78 Å². The molecular formula is C7H14FNO. The van der Waals surface area contributed by atoms with Crippen LogP contribution in [0.15, 0.2) is 0 Å². The lowest BCUT2D eigenvalue weighted by Crippen LogP contribution is -2.36. The molecule has 0 aromatic heterocycles. The van der Waals surface area contributed by atoms with Crippen LogP contribution in [-0.2, 0) is 4.79 Å². The summed E-state index contributed by atoms with van der Waals surface area (Å²) in [4.78, 5) is 10.8. The molecule has 0 saturated heterocycles. The highest BCUT2D eigenvalue weighted by atomic mass is 19.1. The van der Waals surface area contributed by atoms with Gasteiger partial charge in [-0.15, -0.1) is 0 Å². The van der Waals surface area contributed by atoms with Crippen molar-refractivity contribution in [1.29, 1.82) is 0 Å². The van der Waals surface area contributed by atoms with E-state index in [1.807, 2.05) is 0 Å². The average molecular weight is 147 g/mol. The lowest BCUT2D eigenvalue weighted by Gasteiger charge is -2.12. The second kappa shape index (κ2) is 3.66. The summed E-state index contributed by atoms with van der Waals surface area (Å²) < 4.78 is 12.7. The number of ketones is 1. The SMILES string of the molecule is CC(N)C(=O)C(F)C(C)C. The van der Waals surface area contributed by atoms with Crippen LogP contribution in [0.1, 0.15) is 20.8 Å². The van der Waals surface area contributed by atoms with Gasteiger partial charge in [-0.1, -0.05) is 13.8 Å². The molecule has 0 aliphatic carbocycles. The summed E-state index contributed by atoms with van der Waals surface area (Å²) in [5.41, 5.74) is 5.19. The number of Topliss-reactive ketones (excluding diaryl/α,β-unsaturated/α-hetero) is 1. The zero-order valence-corrected chi connectivity index (χ0v) is 6.60. The smallest absolute Gasteiger partial charge is 0.183 e. The molecule has 60 valence electrons. The van der Waals surface area contributed by atoms with Gasteiger partial charge in [0.05, 0.1) is 6.04 Å². The first-order chi connectivity index (χ1) is 4.46. The number of nitrogens with two attached hydrogens (primary N) is 1. The van der Waals surface area contributed by atoms with E-state index in [4.69, 9.17) is 5.73 Å². The minimum absolute atomic E-state index is 0.265. The van der Waals surface area contributed by atoms with Crippen molar-refractivity contribution in [3.05, 3.63) is 0 Å². The van der Waals surface area contributed by atoms with E-state index in [1.165, 1.54) is 6.92 Å². The van der Waals surface area contributed by atoms with Crippen LogP contribution in [0.25, 0.3) is 0 Å². The van der Waals surface area contributed by atoms with E-state index in [2.05, 4.69) is 0 Å². The minimum atomic E-state index is -1.40. The van der Waals surface area contributed by atoms with E-state index in [0.29, 0.717) is 0 Å². The van der Waals surface area contributed by atoms with Gasteiger partial charge in [0.2, 0.25) is 0 Å². The highest BCUT2D eigenvalue weighted by molar-refractivity contribution is 5.87. The number of carbonyl (C=O) groups excluding carboxylic acids is 1. The molecule has 0 rings (SSSR count). The zero-order valence-electron chi connectivity index (χ0n) is 6.60. The first kappa shape index (κ1) is 9.56. The number of hydrogen-bond acceptors (Lipinski definition) is 2. The quantitative estimate of drug-likeness (QED) is 0.644. The third-order valence-corrected chi connectivity index (χ3v) is 1.31. The molecule has 10 heavy (non-hydrogen) atoms. The van der Waals surface area contributed by atoms with Crippen LogP contribution < -0.4 is 5.73 Å². The molecule has 0 fully saturated rings. The molecule has 2 N–H and O–H groups in total. The molecular weight excluding hydrogens is 133 g/mol. The molecule has 0 aromatic rings. The number of carbonyl (C=O) groups is 1. The van der Waals surface area contributed by atoms with E-state index in [-0.39, 0.29) is 5.92 Å². The fourth-order valence-electron chi connectivity index (χ4n) is 0.580. The van der Waals surface area contributed by atoms with Gasteiger partial charge in [-0.2, -0.15) is 0 Å². The second-order valence-electron chi connectivity index (χ2n) is 2.84. The highest BCUT2D eigenvalue weighted by Crippen LogP contribution is 2.08. The molecule has 2 atom stereocenters. The Labute approximate surface area is 60.6 Å². The molecule has 0 spiro atoms. The van der Waals surface area contributed by atoms with Gasteiger partial charge < -0.3 is 5.73 Å². The molecule has 0 aliphatic rings. The van der Waals surface area contributed by atoms with Crippen molar-refractivity contribution in [2.45, 2.75) is 33.0 Å². The van der Waals surface area contributed by atoms with Gasteiger partial charge in [0.1, 0.15) is 0 Å². The van der Waals surface area contributed by atoms with Crippen LogP contribution in [0.5, 0.6) is 0 Å². The molecule has 2 unspecified atom stereocenters. The molecule has 0 heterocycles. The maximum absolute atomic E-state index is 12.7. The Balaban J connectivity index is 3.95. The van der Waals surface area contributed by atoms with E-state index < -0.39 is 18.0 Å². The average Bonchev–Trinajstić information content (AvgIpc) is 1.84. The standard InChI is InChI=1S/C7H14FNO/c1-4(2)6(8)7(10)5(3)9/h4-6H,9H2,1-3H3. The van der Waals surface area contributed by atoms with Gasteiger partial charge in [0.25, 0.3) is 0 Å². The largest absolute Gasteiger partial charge is 0.322 e. The lowest BCUT2D eigenvalue weighted by molar-refractivity contribution is -0.126. The van der Waals surface area contributed by atoms with Crippen molar-refractivity contribution in [3.8, 4) is 0 Å². The summed E-state index contributed by atoms with van der Waals surface area (Å²) in [6, 6.07) is -0.683. The predicted octanol–water partition coefficient (Wildman–Crippen LogP) is 0.897. The molecule has 0 aromatic carbocycles. The van der Waals surface area contributed by atoms with Crippen LogP contribution in [-0.4, -0.2) is 18.0 Å². The lowest BCUT2D eigenvalue weighted by atomic mass is 10.0. The Morgan fingerprint density at radius 3 is 1.90 bits per heavy atom. The van der Waals surface area contributed by atoms with Crippen molar-refractivity contribution in [3.63, 3.8) is 0 Å². The second-order valence-corrected chi connectivity index (χ2v) is 2.84. The van der Waals surface area contributed by atoms with Gasteiger partial charge in [0.15, 0.2) is 12.0 Å². The summed E-state index contributed by atoms with van der Waals surface area (Å²) in [6.07, 6.45) is -1.40. The fourth-order valence-corrected chi connectivity index (χ4v) is 0.580. The predicted molar refractivity (Wildman–Crippen MR) is 38.4 cm³/mol. The summed E-state index contributed by atoms with van der Waals surface area (Å²) in [7, 11) is 0. The Morgan fingerprint density at radius 2 is 1.80 bits per heavy atom. The number of hydrogen-bond donors (Lipinski definition) is 1. The van der Waals surface area contributed by atoms with Gasteiger partial charge in [-0.25, -0.2) is 4.39 Å². The summed E-state index contributed by atoms with van der Waals surface area (Å²) in [5, 5.41) is 0. The normalized spacial score (nSPS) is 17.0. The number of halogens is 1. The monoisotopic (exact) mass is 147 g/mol. The third kappa shape index (κ3) is 2.43. The first-order valence-corrected chi connectivity index (χ1v) is 3.40. The van der Waals surface area contributed by atoms with Crippen LogP contribution in [0.4, 0.5) is 4.39 Å². The molecule has 0 amide bonds. The van der Waals surface area contributed by atoms with E-state index in [9.17, 15) is 9.18 Å². The number of alkyl halides is 1. The van der Waals surface area contributed by atoms with Crippen molar-refractivity contribution in [2.75, 3.05) is 0 Å². The Kier molecular flexibility index (Phi) is 3.50. The molecule has 0 radical (unpaired) electrons.